The molecule has 0 amide bonds. The number of hydrogen-bond acceptors (Lipinski definition) is 5. The van der Waals surface area contributed by atoms with Crippen LogP contribution in [-0.2, 0) is 0 Å². The molecular weight excluding hydrogens is 372 g/mol. The van der Waals surface area contributed by atoms with E-state index in [9.17, 15) is 0 Å². The number of rotatable bonds is 3. The van der Waals surface area contributed by atoms with Crippen molar-refractivity contribution in [2.75, 3.05) is 36.0 Å². The van der Waals surface area contributed by atoms with Crippen LogP contribution >= 0.6 is 0 Å². The van der Waals surface area contributed by atoms with Crippen molar-refractivity contribution in [3.63, 3.8) is 0 Å². The van der Waals surface area contributed by atoms with Gasteiger partial charge in [-0.15, -0.1) is 0 Å². The summed E-state index contributed by atoms with van der Waals surface area (Å²) < 4.78 is 1.90. The highest BCUT2D eigenvalue weighted by Gasteiger charge is 2.22. The molecule has 0 unspecified atom stereocenters. The van der Waals surface area contributed by atoms with E-state index in [1.54, 1.807) is 6.33 Å². The molecule has 6 heteroatoms. The van der Waals surface area contributed by atoms with E-state index in [0.29, 0.717) is 0 Å². The van der Waals surface area contributed by atoms with Gasteiger partial charge in [-0.3, -0.25) is 0 Å². The van der Waals surface area contributed by atoms with E-state index in [2.05, 4.69) is 82.0 Å². The normalized spacial score (nSPS) is 14.5. The Balaban J connectivity index is 1.42. The first kappa shape index (κ1) is 18.6. The molecule has 1 aliphatic heterocycles. The number of piperazine rings is 1. The summed E-state index contributed by atoms with van der Waals surface area (Å²) in [6.45, 7) is 10.2. The van der Waals surface area contributed by atoms with Crippen LogP contribution in [0.1, 0.15) is 16.7 Å². The number of aromatic nitrogens is 4. The van der Waals surface area contributed by atoms with Crippen molar-refractivity contribution < 1.29 is 0 Å². The van der Waals surface area contributed by atoms with Gasteiger partial charge in [-0.25, -0.2) is 14.6 Å². The average molecular weight is 399 g/mol. The van der Waals surface area contributed by atoms with Gasteiger partial charge in [0.15, 0.2) is 5.65 Å². The van der Waals surface area contributed by atoms with Crippen LogP contribution in [0.4, 0.5) is 11.5 Å². The minimum Gasteiger partial charge on any atom is -0.368 e. The third-order valence-corrected chi connectivity index (χ3v) is 5.88. The van der Waals surface area contributed by atoms with E-state index in [1.807, 2.05) is 16.9 Å². The number of nitrogens with zero attached hydrogens (tertiary/aromatic N) is 6. The van der Waals surface area contributed by atoms with E-state index >= 15 is 0 Å². The molecule has 3 heterocycles. The zero-order valence-electron chi connectivity index (χ0n) is 17.7. The van der Waals surface area contributed by atoms with Crippen LogP contribution in [0.15, 0.2) is 55.0 Å². The molecule has 152 valence electrons. The molecule has 4 aromatic rings. The lowest BCUT2D eigenvalue weighted by molar-refractivity contribution is 0.647. The van der Waals surface area contributed by atoms with Gasteiger partial charge in [0.2, 0.25) is 0 Å². The smallest absolute Gasteiger partial charge is 0.168 e. The molecule has 1 aliphatic rings. The molecule has 0 spiro atoms. The minimum absolute atomic E-state index is 0.850. The van der Waals surface area contributed by atoms with Gasteiger partial charge in [-0.2, -0.15) is 5.10 Å². The Hall–Kier alpha value is -3.41. The number of hydrogen-bond donors (Lipinski definition) is 0. The Kier molecular flexibility index (Phi) is 4.62. The van der Waals surface area contributed by atoms with E-state index in [0.717, 1.165) is 48.7 Å². The van der Waals surface area contributed by atoms with Gasteiger partial charge in [-0.05, 0) is 55.7 Å². The topological polar surface area (TPSA) is 50.1 Å². The fraction of sp³-hybridized carbons (Fsp3) is 0.292. The largest absolute Gasteiger partial charge is 0.368 e. The molecule has 2 aromatic heterocycles. The maximum atomic E-state index is 4.63. The van der Waals surface area contributed by atoms with Crippen molar-refractivity contribution in [2.24, 2.45) is 0 Å². The molecule has 0 atom stereocenters. The molecule has 0 N–H and O–H groups in total. The zero-order valence-corrected chi connectivity index (χ0v) is 17.7. The molecule has 0 aliphatic carbocycles. The van der Waals surface area contributed by atoms with Crippen LogP contribution < -0.4 is 9.80 Å². The fourth-order valence-corrected chi connectivity index (χ4v) is 4.25. The third kappa shape index (κ3) is 3.28. The molecule has 2 aromatic carbocycles. The molecule has 0 radical (unpaired) electrons. The zero-order chi connectivity index (χ0) is 20.7. The van der Waals surface area contributed by atoms with Crippen molar-refractivity contribution in [3.8, 4) is 5.69 Å². The number of aryl methyl sites for hydroxylation is 3. The molecule has 6 nitrogen and oxygen atoms in total. The summed E-state index contributed by atoms with van der Waals surface area (Å²) in [5, 5.41) is 5.62. The van der Waals surface area contributed by atoms with Crippen molar-refractivity contribution in [1.29, 1.82) is 0 Å². The van der Waals surface area contributed by atoms with E-state index < -0.39 is 0 Å². The summed E-state index contributed by atoms with van der Waals surface area (Å²) in [6, 6.07) is 15.0. The van der Waals surface area contributed by atoms with E-state index in [4.69, 9.17) is 0 Å². The SMILES string of the molecule is Cc1cccc(-n2ncc3c(N4CCN(c5cc(C)ccc5C)CC4)ncnc32)c1. The van der Waals surface area contributed by atoms with E-state index in [-0.39, 0.29) is 0 Å². The summed E-state index contributed by atoms with van der Waals surface area (Å²) in [4.78, 5) is 14.0. The maximum absolute atomic E-state index is 4.63. The predicted octanol–water partition coefficient (Wildman–Crippen LogP) is 4.07. The predicted molar refractivity (Wildman–Crippen MR) is 122 cm³/mol. The standard InChI is InChI=1S/C24H26N6/c1-17-5-4-6-20(13-17)30-24-21(15-27-30)23(25-16-26-24)29-11-9-28(10-12-29)22-14-18(2)7-8-19(22)3/h4-8,13-16H,9-12H2,1-3H3. The summed E-state index contributed by atoms with van der Waals surface area (Å²) in [7, 11) is 0. The molecule has 1 saturated heterocycles. The van der Waals surface area contributed by atoms with Gasteiger partial charge >= 0.3 is 0 Å². The highest BCUT2D eigenvalue weighted by Crippen LogP contribution is 2.28. The number of fused-ring (bicyclic) bond motifs is 1. The molecular formula is C24H26N6. The van der Waals surface area contributed by atoms with Crippen LogP contribution in [0.2, 0.25) is 0 Å². The third-order valence-electron chi connectivity index (χ3n) is 5.88. The van der Waals surface area contributed by atoms with Gasteiger partial charge in [0.05, 0.1) is 17.3 Å². The average Bonchev–Trinajstić information content (AvgIpc) is 3.20. The molecule has 0 bridgehead atoms. The van der Waals surface area contributed by atoms with Crippen LogP contribution in [0.25, 0.3) is 16.7 Å². The van der Waals surface area contributed by atoms with Crippen LogP contribution in [-0.4, -0.2) is 45.9 Å². The first-order valence-corrected chi connectivity index (χ1v) is 10.4. The van der Waals surface area contributed by atoms with Gasteiger partial charge < -0.3 is 9.80 Å². The Morgan fingerprint density at radius 3 is 2.37 bits per heavy atom. The van der Waals surface area contributed by atoms with Gasteiger partial charge in [0.25, 0.3) is 0 Å². The van der Waals surface area contributed by atoms with Gasteiger partial charge in [0.1, 0.15) is 12.1 Å². The first-order valence-electron chi connectivity index (χ1n) is 10.4. The monoisotopic (exact) mass is 398 g/mol. The van der Waals surface area contributed by atoms with Crippen molar-refractivity contribution in [2.45, 2.75) is 20.8 Å². The van der Waals surface area contributed by atoms with Crippen molar-refractivity contribution >= 4 is 22.5 Å². The Labute approximate surface area is 176 Å². The molecule has 1 fully saturated rings. The van der Waals surface area contributed by atoms with Crippen LogP contribution in [0.5, 0.6) is 0 Å². The van der Waals surface area contributed by atoms with Crippen LogP contribution in [0, 0.1) is 20.8 Å². The molecule has 30 heavy (non-hydrogen) atoms. The summed E-state index contributed by atoms with van der Waals surface area (Å²) >= 11 is 0. The summed E-state index contributed by atoms with van der Waals surface area (Å²) in [5.41, 5.74) is 7.05. The van der Waals surface area contributed by atoms with Crippen molar-refractivity contribution in [1.82, 2.24) is 19.7 Å². The Morgan fingerprint density at radius 1 is 0.800 bits per heavy atom. The lowest BCUT2D eigenvalue weighted by Gasteiger charge is -2.37. The van der Waals surface area contributed by atoms with Crippen molar-refractivity contribution in [3.05, 3.63) is 71.7 Å². The van der Waals surface area contributed by atoms with E-state index in [1.165, 1.54) is 22.4 Å². The Morgan fingerprint density at radius 2 is 1.57 bits per heavy atom. The second-order valence-electron chi connectivity index (χ2n) is 8.09. The maximum Gasteiger partial charge on any atom is 0.168 e. The lowest BCUT2D eigenvalue weighted by atomic mass is 10.1. The fourth-order valence-electron chi connectivity index (χ4n) is 4.25. The van der Waals surface area contributed by atoms with Gasteiger partial charge in [-0.1, -0.05) is 24.3 Å². The summed E-state index contributed by atoms with van der Waals surface area (Å²) in [6.07, 6.45) is 3.55. The number of anilines is 2. The highest BCUT2D eigenvalue weighted by atomic mass is 15.3. The first-order chi connectivity index (χ1) is 14.6. The quantitative estimate of drug-likeness (QED) is 0.521. The number of benzene rings is 2. The second kappa shape index (κ2) is 7.44. The molecule has 0 saturated carbocycles. The lowest BCUT2D eigenvalue weighted by Crippen LogP contribution is -2.47. The van der Waals surface area contributed by atoms with Crippen LogP contribution in [0.3, 0.4) is 0 Å². The Bertz CT molecular complexity index is 1200. The summed E-state index contributed by atoms with van der Waals surface area (Å²) in [5.74, 6) is 0.972. The minimum atomic E-state index is 0.850. The highest BCUT2D eigenvalue weighted by molar-refractivity contribution is 5.87. The molecule has 5 rings (SSSR count). The second-order valence-corrected chi connectivity index (χ2v) is 8.09. The van der Waals surface area contributed by atoms with Gasteiger partial charge in [0, 0.05) is 31.9 Å².